The lowest BCUT2D eigenvalue weighted by atomic mass is 9.78. The van der Waals surface area contributed by atoms with Gasteiger partial charge in [-0.15, -0.1) is 0 Å². The number of nitrogens with two attached hydrogens (primary N) is 2. The van der Waals surface area contributed by atoms with E-state index in [0.29, 0.717) is 24.9 Å². The smallest absolute Gasteiger partial charge is 0.341 e. The molecule has 0 radical (unpaired) electrons. The summed E-state index contributed by atoms with van der Waals surface area (Å²) < 4.78 is 46.4. The van der Waals surface area contributed by atoms with Crippen LogP contribution in [0.1, 0.15) is 35.7 Å². The monoisotopic (exact) mass is 448 g/mol. The number of rotatable bonds is 3. The fourth-order valence-corrected chi connectivity index (χ4v) is 6.17. The molecule has 4 aliphatic rings. The highest BCUT2D eigenvalue weighted by molar-refractivity contribution is 5.99. The fourth-order valence-electron chi connectivity index (χ4n) is 6.17. The second-order valence-electron chi connectivity index (χ2n) is 9.82. The molecule has 1 aromatic heterocycles. The maximum absolute atomic E-state index is 15.9. The summed E-state index contributed by atoms with van der Waals surface area (Å²) >= 11 is 0. The molecule has 4 fully saturated rings. The number of halogens is 3. The minimum absolute atomic E-state index is 0.0114. The van der Waals surface area contributed by atoms with Gasteiger partial charge in [-0.1, -0.05) is 0 Å². The summed E-state index contributed by atoms with van der Waals surface area (Å²) in [6.07, 6.45) is 1.77. The Kier molecular flexibility index (Phi) is 3.98. The van der Waals surface area contributed by atoms with Crippen molar-refractivity contribution in [1.82, 2.24) is 4.57 Å². The number of benzene rings is 1. The maximum atomic E-state index is 15.9. The number of nitrogen functional groups attached to an aromatic ring is 1. The van der Waals surface area contributed by atoms with Gasteiger partial charge >= 0.3 is 5.97 Å². The Morgan fingerprint density at radius 2 is 1.81 bits per heavy atom. The van der Waals surface area contributed by atoms with E-state index < -0.39 is 51.9 Å². The molecule has 7 atom stereocenters. The van der Waals surface area contributed by atoms with Crippen LogP contribution in [-0.2, 0) is 0 Å². The summed E-state index contributed by atoms with van der Waals surface area (Å²) in [7, 11) is 0. The van der Waals surface area contributed by atoms with Gasteiger partial charge in [0.1, 0.15) is 17.4 Å². The molecule has 0 spiro atoms. The third-order valence-electron chi connectivity index (χ3n) is 8.01. The third kappa shape index (κ3) is 2.58. The number of carbonyl (C=O) groups is 1. The Morgan fingerprint density at radius 3 is 2.47 bits per heavy atom. The van der Waals surface area contributed by atoms with Crippen LogP contribution in [0.5, 0.6) is 0 Å². The quantitative estimate of drug-likeness (QED) is 0.621. The number of anilines is 2. The molecule has 1 aromatic carbocycles. The SMILES string of the molecule is Nc1c(F)c(N2C[C@H]3C[C@@H]4C[C@@H]4[C@H](N)[C@H]3C2)c(F)c2c1c(=O)c(C(=O)O)cn2[C@@H]1C[C@@H]1F. The van der Waals surface area contributed by atoms with Crippen LogP contribution in [0, 0.1) is 35.3 Å². The molecule has 5 N–H and O–H groups in total. The van der Waals surface area contributed by atoms with Gasteiger partial charge in [0.05, 0.1) is 22.6 Å². The molecule has 6 rings (SSSR count). The molecule has 2 aromatic rings. The minimum Gasteiger partial charge on any atom is -0.477 e. The van der Waals surface area contributed by atoms with Gasteiger partial charge in [0, 0.05) is 31.7 Å². The molecule has 32 heavy (non-hydrogen) atoms. The van der Waals surface area contributed by atoms with Crippen molar-refractivity contribution in [2.24, 2.45) is 29.4 Å². The van der Waals surface area contributed by atoms with Crippen LogP contribution in [0.3, 0.4) is 0 Å². The fraction of sp³-hybridized carbons (Fsp3) is 0.545. The van der Waals surface area contributed by atoms with E-state index in [2.05, 4.69) is 0 Å². The van der Waals surface area contributed by atoms with E-state index in [1.807, 2.05) is 0 Å². The molecule has 170 valence electrons. The molecule has 1 aliphatic heterocycles. The molecule has 2 heterocycles. The number of aromatic nitrogens is 1. The average molecular weight is 448 g/mol. The van der Waals surface area contributed by atoms with Crippen LogP contribution in [0.2, 0.25) is 0 Å². The van der Waals surface area contributed by atoms with Crippen molar-refractivity contribution < 1.29 is 23.1 Å². The molecular weight excluding hydrogens is 425 g/mol. The van der Waals surface area contributed by atoms with Crippen LogP contribution in [0.15, 0.2) is 11.0 Å². The van der Waals surface area contributed by atoms with Crippen LogP contribution < -0.4 is 21.8 Å². The van der Waals surface area contributed by atoms with E-state index in [9.17, 15) is 19.1 Å². The first kappa shape index (κ1) is 19.9. The third-order valence-corrected chi connectivity index (χ3v) is 8.01. The van der Waals surface area contributed by atoms with Crippen LogP contribution in [-0.4, -0.2) is 40.9 Å². The van der Waals surface area contributed by atoms with Crippen molar-refractivity contribution in [3.05, 3.63) is 33.6 Å². The Morgan fingerprint density at radius 1 is 1.09 bits per heavy atom. The highest BCUT2D eigenvalue weighted by Crippen LogP contribution is 2.55. The predicted octanol–water partition coefficient (Wildman–Crippen LogP) is 2.26. The highest BCUT2D eigenvalue weighted by Gasteiger charge is 2.54. The average Bonchev–Trinajstić information content (AvgIpc) is 3.63. The summed E-state index contributed by atoms with van der Waals surface area (Å²) in [5.41, 5.74) is 9.28. The Balaban J connectivity index is 1.54. The van der Waals surface area contributed by atoms with E-state index in [4.69, 9.17) is 11.5 Å². The molecule has 3 saturated carbocycles. The lowest BCUT2D eigenvalue weighted by Gasteiger charge is -2.29. The number of alkyl halides is 1. The standard InChI is InChI=1S/C22H23F3N4O3/c23-12-3-13(12)29-6-11(22(31)32)21(30)14-18(27)15(24)20(16(25)19(14)29)28-4-8-1-7-2-9(7)17(26)10(8)5-28/h6-10,12-13,17H,1-5,26-27H2,(H,31,32)/t7-,8-,9+,10+,12+,13-,17+/m1/s1. The van der Waals surface area contributed by atoms with Gasteiger partial charge in [0.25, 0.3) is 0 Å². The number of carboxylic acids is 1. The lowest BCUT2D eigenvalue weighted by molar-refractivity contribution is 0.0694. The van der Waals surface area contributed by atoms with Gasteiger partial charge in [-0.2, -0.15) is 0 Å². The van der Waals surface area contributed by atoms with Crippen molar-refractivity contribution in [3.8, 4) is 0 Å². The first-order valence-corrected chi connectivity index (χ1v) is 10.9. The first-order valence-electron chi connectivity index (χ1n) is 10.9. The van der Waals surface area contributed by atoms with Gasteiger partial charge in [-0.05, 0) is 36.5 Å². The van der Waals surface area contributed by atoms with Crippen LogP contribution in [0.25, 0.3) is 10.9 Å². The van der Waals surface area contributed by atoms with E-state index in [1.165, 1.54) is 0 Å². The molecule has 0 unspecified atom stereocenters. The summed E-state index contributed by atoms with van der Waals surface area (Å²) in [5, 5.41) is 8.83. The zero-order valence-electron chi connectivity index (χ0n) is 17.1. The van der Waals surface area contributed by atoms with E-state index in [-0.39, 0.29) is 35.5 Å². The van der Waals surface area contributed by atoms with Crippen molar-refractivity contribution in [2.75, 3.05) is 23.7 Å². The Hall–Kier alpha value is -2.75. The molecule has 3 aliphatic carbocycles. The number of pyridine rings is 1. The molecule has 0 bridgehead atoms. The van der Waals surface area contributed by atoms with Crippen molar-refractivity contribution in [1.29, 1.82) is 0 Å². The lowest BCUT2D eigenvalue weighted by Crippen LogP contribution is -2.40. The largest absolute Gasteiger partial charge is 0.477 e. The van der Waals surface area contributed by atoms with Crippen molar-refractivity contribution in [3.63, 3.8) is 0 Å². The Bertz CT molecular complexity index is 1250. The van der Waals surface area contributed by atoms with Gasteiger partial charge in [0.15, 0.2) is 11.6 Å². The van der Waals surface area contributed by atoms with Gasteiger partial charge in [-0.25, -0.2) is 18.0 Å². The summed E-state index contributed by atoms with van der Waals surface area (Å²) in [5.74, 6) is -2.28. The maximum Gasteiger partial charge on any atom is 0.341 e. The van der Waals surface area contributed by atoms with Gasteiger partial charge in [0.2, 0.25) is 5.43 Å². The summed E-state index contributed by atoms with van der Waals surface area (Å²) in [6, 6.07) is -0.840. The topological polar surface area (TPSA) is 115 Å². The van der Waals surface area contributed by atoms with Crippen LogP contribution >= 0.6 is 0 Å². The minimum atomic E-state index is -1.57. The molecule has 7 nitrogen and oxygen atoms in total. The molecule has 10 heteroatoms. The van der Waals surface area contributed by atoms with E-state index in [1.54, 1.807) is 4.90 Å². The summed E-state index contributed by atoms with van der Waals surface area (Å²) in [4.78, 5) is 25.9. The number of aromatic carboxylic acids is 1. The predicted molar refractivity (Wildman–Crippen MR) is 111 cm³/mol. The number of carboxylic acid groups (broad SMARTS) is 1. The van der Waals surface area contributed by atoms with E-state index >= 15 is 8.78 Å². The first-order chi connectivity index (χ1) is 15.2. The molecule has 1 saturated heterocycles. The number of fused-ring (bicyclic) bond motifs is 3. The second kappa shape index (κ2) is 6.40. The second-order valence-corrected chi connectivity index (χ2v) is 9.82. The Labute approximate surface area is 180 Å². The molecule has 0 amide bonds. The van der Waals surface area contributed by atoms with E-state index in [0.717, 1.165) is 23.6 Å². The normalized spacial score (nSPS) is 35.0. The highest BCUT2D eigenvalue weighted by atomic mass is 19.1. The molecular formula is C22H23F3N4O3. The van der Waals surface area contributed by atoms with Crippen LogP contribution in [0.4, 0.5) is 24.5 Å². The zero-order valence-corrected chi connectivity index (χ0v) is 17.1. The van der Waals surface area contributed by atoms with Gasteiger partial charge < -0.3 is 26.0 Å². The zero-order chi connectivity index (χ0) is 22.6. The summed E-state index contributed by atoms with van der Waals surface area (Å²) in [6.45, 7) is 0.799. The van der Waals surface area contributed by atoms with Gasteiger partial charge in [-0.3, -0.25) is 4.79 Å². The number of hydrogen-bond acceptors (Lipinski definition) is 5. The number of nitrogens with zero attached hydrogens (tertiary/aromatic N) is 2. The van der Waals surface area contributed by atoms with Crippen molar-refractivity contribution >= 4 is 28.2 Å². The number of hydrogen-bond donors (Lipinski definition) is 3. The van der Waals surface area contributed by atoms with Crippen molar-refractivity contribution in [2.45, 2.75) is 37.5 Å².